The van der Waals surface area contributed by atoms with Gasteiger partial charge in [0.1, 0.15) is 12.0 Å². The Morgan fingerprint density at radius 3 is 2.50 bits per heavy atom. The van der Waals surface area contributed by atoms with Gasteiger partial charge in [0.15, 0.2) is 9.84 Å². The minimum Gasteiger partial charge on any atom is -0.481 e. The van der Waals surface area contributed by atoms with E-state index in [1.807, 2.05) is 6.07 Å². The van der Waals surface area contributed by atoms with E-state index >= 15 is 0 Å². The average molecular weight is 327 g/mol. The number of rotatable bonds is 6. The Balaban J connectivity index is 1.86. The molecule has 8 heteroatoms. The Hall–Kier alpha value is -2.09. The van der Waals surface area contributed by atoms with Crippen LogP contribution >= 0.6 is 0 Å². The zero-order valence-corrected chi connectivity index (χ0v) is 12.8. The van der Waals surface area contributed by atoms with E-state index in [1.165, 1.54) is 0 Å². The number of hydrogen-bond donors (Lipinski definition) is 2. The summed E-state index contributed by atoms with van der Waals surface area (Å²) in [5.41, 5.74) is -0.648. The molecule has 2 N–H and O–H groups in total. The van der Waals surface area contributed by atoms with Crippen LogP contribution in [0.2, 0.25) is 0 Å². The topological polar surface area (TPSA) is 110 Å². The number of nitrogens with one attached hydrogen (secondary N) is 1. The summed E-state index contributed by atoms with van der Waals surface area (Å²) in [4.78, 5) is 22.9. The van der Waals surface area contributed by atoms with Crippen LogP contribution in [-0.2, 0) is 26.0 Å². The van der Waals surface area contributed by atoms with Crippen molar-refractivity contribution in [3.05, 3.63) is 35.9 Å². The third-order valence-electron chi connectivity index (χ3n) is 3.71. The number of carboxylic acid groups (broad SMARTS) is 1. The van der Waals surface area contributed by atoms with Gasteiger partial charge in [-0.25, -0.2) is 13.2 Å². The van der Waals surface area contributed by atoms with Crippen molar-refractivity contribution in [2.75, 3.05) is 12.8 Å². The highest BCUT2D eigenvalue weighted by atomic mass is 32.2. The third kappa shape index (κ3) is 3.56. The Kier molecular flexibility index (Phi) is 4.41. The maximum Gasteiger partial charge on any atom is 0.407 e. The van der Waals surface area contributed by atoms with Crippen molar-refractivity contribution in [3.8, 4) is 0 Å². The molecule has 2 rings (SSSR count). The fourth-order valence-electron chi connectivity index (χ4n) is 2.32. The maximum absolute atomic E-state index is 11.6. The molecule has 2 atom stereocenters. The largest absolute Gasteiger partial charge is 0.481 e. The quantitative estimate of drug-likeness (QED) is 0.800. The molecule has 0 unspecified atom stereocenters. The van der Waals surface area contributed by atoms with E-state index in [2.05, 4.69) is 5.32 Å². The molecule has 1 amide bonds. The van der Waals surface area contributed by atoms with Gasteiger partial charge in [-0.1, -0.05) is 30.3 Å². The number of ether oxygens (including phenoxy) is 1. The lowest BCUT2D eigenvalue weighted by Crippen LogP contribution is -2.37. The van der Waals surface area contributed by atoms with Crippen molar-refractivity contribution >= 4 is 21.9 Å². The first kappa shape index (κ1) is 16.3. The summed E-state index contributed by atoms with van der Waals surface area (Å²) in [5.74, 6) is -1.23. The molecule has 0 aliphatic heterocycles. The van der Waals surface area contributed by atoms with Gasteiger partial charge in [0.2, 0.25) is 0 Å². The monoisotopic (exact) mass is 327 g/mol. The molecular weight excluding hydrogens is 310 g/mol. The van der Waals surface area contributed by atoms with Crippen molar-refractivity contribution in [3.63, 3.8) is 0 Å². The van der Waals surface area contributed by atoms with Crippen LogP contribution < -0.4 is 5.32 Å². The Bertz CT molecular complexity index is 672. The summed E-state index contributed by atoms with van der Waals surface area (Å²) >= 11 is 0. The van der Waals surface area contributed by atoms with Gasteiger partial charge in [-0.3, -0.25) is 4.79 Å². The van der Waals surface area contributed by atoms with Gasteiger partial charge in [-0.2, -0.15) is 0 Å². The lowest BCUT2D eigenvalue weighted by atomic mass is 10.1. The first-order valence-electron chi connectivity index (χ1n) is 6.62. The second-order valence-electron chi connectivity index (χ2n) is 5.40. The minimum absolute atomic E-state index is 0.000131. The minimum atomic E-state index is -3.46. The molecule has 1 aromatic carbocycles. The van der Waals surface area contributed by atoms with E-state index in [9.17, 15) is 23.1 Å². The third-order valence-corrected chi connectivity index (χ3v) is 5.36. The van der Waals surface area contributed by atoms with Crippen molar-refractivity contribution in [2.24, 2.45) is 5.41 Å². The number of sulfone groups is 1. The zero-order valence-electron chi connectivity index (χ0n) is 12.0. The molecule has 7 nitrogen and oxygen atoms in total. The number of benzene rings is 1. The standard InChI is InChI=1S/C14H17NO6S/c1-22(19,20)11-7-14(11,12(16)17)9-15-13(18)21-8-10-5-3-2-4-6-10/h2-6,11H,7-9H2,1H3,(H,15,18)(H,16,17)/t11-,14+/m0/s1. The summed E-state index contributed by atoms with van der Waals surface area (Å²) in [6.07, 6.45) is 0.222. The first-order chi connectivity index (χ1) is 10.3. The lowest BCUT2D eigenvalue weighted by molar-refractivity contribution is -0.143. The summed E-state index contributed by atoms with van der Waals surface area (Å²) in [6, 6.07) is 9.01. The molecule has 0 saturated heterocycles. The van der Waals surface area contributed by atoms with Crippen molar-refractivity contribution in [2.45, 2.75) is 18.3 Å². The second kappa shape index (κ2) is 5.96. The molecule has 0 aromatic heterocycles. The summed E-state index contributed by atoms with van der Waals surface area (Å²) in [6.45, 7) is -0.212. The van der Waals surface area contributed by atoms with Crippen molar-refractivity contribution < 1.29 is 27.9 Å². The van der Waals surface area contributed by atoms with Crippen LogP contribution in [0.15, 0.2) is 30.3 Å². The maximum atomic E-state index is 11.6. The number of hydrogen-bond acceptors (Lipinski definition) is 5. The lowest BCUT2D eigenvalue weighted by Gasteiger charge is -2.13. The molecule has 1 aliphatic carbocycles. The van der Waals surface area contributed by atoms with E-state index in [4.69, 9.17) is 4.74 Å². The van der Waals surface area contributed by atoms with Crippen LogP contribution in [-0.4, -0.2) is 43.6 Å². The molecule has 120 valence electrons. The number of carboxylic acids is 1. The molecular formula is C14H17NO6S. The van der Waals surface area contributed by atoms with Gasteiger partial charge < -0.3 is 15.2 Å². The number of carbonyl (C=O) groups excluding carboxylic acids is 1. The van der Waals surface area contributed by atoms with Crippen molar-refractivity contribution in [1.29, 1.82) is 0 Å². The second-order valence-corrected chi connectivity index (χ2v) is 7.63. The normalized spacial score (nSPS) is 23.6. The highest BCUT2D eigenvalue weighted by Crippen LogP contribution is 2.50. The van der Waals surface area contributed by atoms with Crippen LogP contribution in [0.4, 0.5) is 4.79 Å². The average Bonchev–Trinajstić information content (AvgIpc) is 3.20. The predicted molar refractivity (Wildman–Crippen MR) is 77.9 cm³/mol. The smallest absolute Gasteiger partial charge is 0.407 e. The highest BCUT2D eigenvalue weighted by molar-refractivity contribution is 7.91. The molecule has 1 fully saturated rings. The molecule has 22 heavy (non-hydrogen) atoms. The Labute approximate surface area is 128 Å². The number of aliphatic carboxylic acids is 1. The fraction of sp³-hybridized carbons (Fsp3) is 0.429. The van der Waals surface area contributed by atoms with Gasteiger partial charge in [0, 0.05) is 12.8 Å². The summed E-state index contributed by atoms with van der Waals surface area (Å²) < 4.78 is 27.9. The van der Waals surface area contributed by atoms with Crippen molar-refractivity contribution in [1.82, 2.24) is 5.32 Å². The Morgan fingerprint density at radius 1 is 1.36 bits per heavy atom. The van der Waals surface area contributed by atoms with Crippen LogP contribution in [0.5, 0.6) is 0 Å². The summed E-state index contributed by atoms with van der Waals surface area (Å²) in [7, 11) is -3.46. The molecule has 0 bridgehead atoms. The molecule has 1 aromatic rings. The van der Waals surface area contributed by atoms with Gasteiger partial charge >= 0.3 is 12.1 Å². The van der Waals surface area contributed by atoms with Gasteiger partial charge in [0.25, 0.3) is 0 Å². The van der Waals surface area contributed by atoms with E-state index in [1.54, 1.807) is 24.3 Å². The molecule has 1 aliphatic rings. The highest BCUT2D eigenvalue weighted by Gasteiger charge is 2.65. The zero-order chi connectivity index (χ0) is 16.4. The molecule has 0 radical (unpaired) electrons. The van der Waals surface area contributed by atoms with Crippen LogP contribution in [0, 0.1) is 5.41 Å². The van der Waals surface area contributed by atoms with Gasteiger partial charge in [0.05, 0.1) is 5.25 Å². The van der Waals surface area contributed by atoms with E-state index < -0.39 is 32.6 Å². The first-order valence-corrected chi connectivity index (χ1v) is 8.58. The molecule has 0 heterocycles. The van der Waals surface area contributed by atoms with E-state index in [0.29, 0.717) is 0 Å². The molecule has 1 saturated carbocycles. The van der Waals surface area contributed by atoms with E-state index in [-0.39, 0.29) is 19.6 Å². The van der Waals surface area contributed by atoms with Crippen LogP contribution in [0.3, 0.4) is 0 Å². The van der Waals surface area contributed by atoms with E-state index in [0.717, 1.165) is 11.8 Å². The van der Waals surface area contributed by atoms with Crippen LogP contribution in [0.25, 0.3) is 0 Å². The van der Waals surface area contributed by atoms with Crippen LogP contribution in [0.1, 0.15) is 12.0 Å². The predicted octanol–water partition coefficient (Wildman–Crippen LogP) is 0.801. The Morgan fingerprint density at radius 2 is 2.00 bits per heavy atom. The van der Waals surface area contributed by atoms with Gasteiger partial charge in [-0.05, 0) is 12.0 Å². The fourth-order valence-corrected chi connectivity index (χ4v) is 3.93. The summed E-state index contributed by atoms with van der Waals surface area (Å²) in [5, 5.41) is 10.6. The SMILES string of the molecule is CS(=O)(=O)[C@H]1C[C@]1(CNC(=O)OCc1ccccc1)C(=O)O. The number of carbonyl (C=O) groups is 2. The molecule has 0 spiro atoms. The number of amides is 1. The van der Waals surface area contributed by atoms with Gasteiger partial charge in [-0.15, -0.1) is 0 Å². The number of alkyl carbamates (subject to hydrolysis) is 1.